The Labute approximate surface area is 153 Å². The van der Waals surface area contributed by atoms with E-state index in [2.05, 4.69) is 0 Å². The van der Waals surface area contributed by atoms with E-state index in [1.165, 1.54) is 33.0 Å². The van der Waals surface area contributed by atoms with Crippen molar-refractivity contribution in [3.63, 3.8) is 0 Å². The van der Waals surface area contributed by atoms with Gasteiger partial charge in [-0.3, -0.25) is 9.59 Å². The highest BCUT2D eigenvalue weighted by Gasteiger charge is 2.50. The van der Waals surface area contributed by atoms with Gasteiger partial charge in [0.15, 0.2) is 11.4 Å². The van der Waals surface area contributed by atoms with Gasteiger partial charge in [0.2, 0.25) is 0 Å². The van der Waals surface area contributed by atoms with Crippen LogP contribution >= 0.6 is 0 Å². The van der Waals surface area contributed by atoms with Gasteiger partial charge in [0.1, 0.15) is 11.3 Å². The third kappa shape index (κ3) is 4.40. The number of likely N-dealkylation sites (tertiary alicyclic amines) is 1. The summed E-state index contributed by atoms with van der Waals surface area (Å²) in [5.74, 6) is -3.99. The molecule has 7 heteroatoms. The molecule has 0 aromatic heterocycles. The average molecular weight is 365 g/mol. The third-order valence-electron chi connectivity index (χ3n) is 4.59. The van der Waals surface area contributed by atoms with E-state index in [1.807, 2.05) is 13.0 Å². The first kappa shape index (κ1) is 21.6. The summed E-state index contributed by atoms with van der Waals surface area (Å²) in [6.45, 7) is 5.07. The van der Waals surface area contributed by atoms with Crippen molar-refractivity contribution in [1.29, 1.82) is 0 Å². The van der Waals surface area contributed by atoms with Gasteiger partial charge in [-0.2, -0.15) is 0 Å². The molecule has 1 amide bonds. The predicted octanol–water partition coefficient (Wildman–Crippen LogP) is 1.98. The number of carbonyl (C=O) groups is 3. The Kier molecular flexibility index (Phi) is 7.32. The summed E-state index contributed by atoms with van der Waals surface area (Å²) < 4.78 is 0. The van der Waals surface area contributed by atoms with Crippen LogP contribution in [0.4, 0.5) is 0 Å². The minimum atomic E-state index is -2.15. The van der Waals surface area contributed by atoms with Crippen molar-refractivity contribution in [1.82, 2.24) is 4.90 Å². The third-order valence-corrected chi connectivity index (χ3v) is 4.59. The highest BCUT2D eigenvalue weighted by atomic mass is 16.4. The zero-order valence-electron chi connectivity index (χ0n) is 15.6. The molecule has 26 heavy (non-hydrogen) atoms. The van der Waals surface area contributed by atoms with Crippen LogP contribution in [0.1, 0.15) is 40.0 Å². The first-order chi connectivity index (χ1) is 12.1. The number of allylic oxidation sites excluding steroid dienone is 4. The zero-order valence-corrected chi connectivity index (χ0v) is 15.6. The smallest absolute Gasteiger partial charge is 0.336 e. The van der Waals surface area contributed by atoms with Crippen LogP contribution in [0.25, 0.3) is 0 Å². The van der Waals surface area contributed by atoms with Crippen LogP contribution in [-0.4, -0.2) is 56.6 Å². The van der Waals surface area contributed by atoms with Gasteiger partial charge in [0, 0.05) is 13.5 Å². The molecule has 1 saturated heterocycles. The molecule has 1 rings (SSSR count). The number of hydrogen-bond donors (Lipinski definition) is 3. The Balaban J connectivity index is 3.12. The summed E-state index contributed by atoms with van der Waals surface area (Å²) >= 11 is 0. The van der Waals surface area contributed by atoms with Crippen molar-refractivity contribution >= 4 is 17.7 Å². The van der Waals surface area contributed by atoms with Crippen molar-refractivity contribution in [3.8, 4) is 0 Å². The number of ketones is 1. The molecule has 2 unspecified atom stereocenters. The maximum atomic E-state index is 12.6. The van der Waals surface area contributed by atoms with Crippen LogP contribution in [0.5, 0.6) is 0 Å². The monoisotopic (exact) mass is 365 g/mol. The Morgan fingerprint density at radius 2 is 1.88 bits per heavy atom. The fourth-order valence-corrected chi connectivity index (χ4v) is 2.67. The summed E-state index contributed by atoms with van der Waals surface area (Å²) in [5, 5.41) is 29.8. The number of carboxylic acid groups (broad SMARTS) is 1. The van der Waals surface area contributed by atoms with Gasteiger partial charge in [0.25, 0.3) is 5.91 Å². The van der Waals surface area contributed by atoms with Gasteiger partial charge < -0.3 is 20.2 Å². The van der Waals surface area contributed by atoms with Gasteiger partial charge in [0.05, 0.1) is 6.04 Å². The van der Waals surface area contributed by atoms with E-state index in [0.717, 1.165) is 17.7 Å². The molecule has 2 atom stereocenters. The Morgan fingerprint density at radius 3 is 2.38 bits per heavy atom. The molecule has 1 heterocycles. The summed E-state index contributed by atoms with van der Waals surface area (Å²) in [6.07, 6.45) is 7.76. The molecule has 144 valence electrons. The lowest BCUT2D eigenvalue weighted by molar-refractivity contribution is -0.166. The zero-order chi connectivity index (χ0) is 20.1. The van der Waals surface area contributed by atoms with Gasteiger partial charge in [-0.25, -0.2) is 4.79 Å². The highest BCUT2D eigenvalue weighted by molar-refractivity contribution is 6.27. The van der Waals surface area contributed by atoms with Crippen molar-refractivity contribution in [3.05, 3.63) is 35.6 Å². The number of amides is 1. The van der Waals surface area contributed by atoms with Crippen LogP contribution in [0.2, 0.25) is 0 Å². The summed E-state index contributed by atoms with van der Waals surface area (Å²) in [6, 6.07) is -1.15. The SMILES string of the molecule is CCC/C=C/C=C/C(O)=C1/C(=O)C(CC(O)(C(=O)O)C(C)C)N(C)C1=O. The number of carbonyl (C=O) groups excluding carboxylic acids is 2. The molecule has 0 aromatic rings. The van der Waals surface area contributed by atoms with Crippen molar-refractivity contribution < 1.29 is 29.7 Å². The maximum Gasteiger partial charge on any atom is 0.336 e. The number of carboxylic acids is 1. The van der Waals surface area contributed by atoms with E-state index in [9.17, 15) is 29.7 Å². The minimum absolute atomic E-state index is 0.394. The molecule has 1 fully saturated rings. The van der Waals surface area contributed by atoms with E-state index in [4.69, 9.17) is 0 Å². The minimum Gasteiger partial charge on any atom is -0.507 e. The Hall–Kier alpha value is -2.41. The maximum absolute atomic E-state index is 12.6. The van der Waals surface area contributed by atoms with E-state index in [0.29, 0.717) is 0 Å². The quantitative estimate of drug-likeness (QED) is 0.262. The van der Waals surface area contributed by atoms with Gasteiger partial charge >= 0.3 is 5.97 Å². The molecule has 1 aliphatic rings. The molecule has 0 radical (unpaired) electrons. The average Bonchev–Trinajstić information content (AvgIpc) is 2.77. The fourth-order valence-electron chi connectivity index (χ4n) is 2.67. The lowest BCUT2D eigenvalue weighted by Crippen LogP contribution is -2.49. The first-order valence-electron chi connectivity index (χ1n) is 8.61. The standard InChI is InChI=1S/C19H27NO6/c1-5-6-7-8-9-10-14(21)15-16(22)13(20(4)17(15)23)11-19(26,12(2)3)18(24)25/h7-10,12-13,21,26H,5-6,11H2,1-4H3,(H,24,25)/b8-7+,10-9+,15-14+. The Bertz CT molecular complexity index is 661. The van der Waals surface area contributed by atoms with Crippen molar-refractivity contribution in [2.75, 3.05) is 7.05 Å². The van der Waals surface area contributed by atoms with Crippen molar-refractivity contribution in [2.45, 2.75) is 51.7 Å². The van der Waals surface area contributed by atoms with Gasteiger partial charge in [-0.05, 0) is 18.4 Å². The molecular weight excluding hydrogens is 338 g/mol. The van der Waals surface area contributed by atoms with Crippen LogP contribution < -0.4 is 0 Å². The molecule has 0 aromatic carbocycles. The van der Waals surface area contributed by atoms with Gasteiger partial charge in [-0.1, -0.05) is 45.4 Å². The van der Waals surface area contributed by atoms with Crippen LogP contribution in [0.3, 0.4) is 0 Å². The molecule has 0 saturated carbocycles. The lowest BCUT2D eigenvalue weighted by atomic mass is 9.83. The fraction of sp³-hybridized carbons (Fsp3) is 0.526. The van der Waals surface area contributed by atoms with Crippen molar-refractivity contribution in [2.24, 2.45) is 5.92 Å². The summed E-state index contributed by atoms with van der Waals surface area (Å²) in [4.78, 5) is 37.4. The van der Waals surface area contributed by atoms with Crippen LogP contribution in [-0.2, 0) is 14.4 Å². The van der Waals surface area contributed by atoms with Crippen LogP contribution in [0, 0.1) is 5.92 Å². The molecule has 0 aliphatic carbocycles. The van der Waals surface area contributed by atoms with E-state index in [-0.39, 0.29) is 0 Å². The number of aliphatic hydroxyl groups excluding tert-OH is 1. The number of unbranched alkanes of at least 4 members (excludes halogenated alkanes) is 1. The summed E-state index contributed by atoms with van der Waals surface area (Å²) in [5.41, 5.74) is -2.55. The van der Waals surface area contributed by atoms with Gasteiger partial charge in [-0.15, -0.1) is 0 Å². The molecule has 7 nitrogen and oxygen atoms in total. The second-order valence-corrected chi connectivity index (χ2v) is 6.72. The molecule has 0 spiro atoms. The number of rotatable bonds is 8. The second kappa shape index (κ2) is 8.80. The number of nitrogens with zero attached hydrogens (tertiary/aromatic N) is 1. The van der Waals surface area contributed by atoms with Crippen LogP contribution in [0.15, 0.2) is 35.6 Å². The number of likely N-dealkylation sites (N-methyl/N-ethyl adjacent to an activating group) is 1. The van der Waals surface area contributed by atoms with E-state index in [1.54, 1.807) is 6.08 Å². The van der Waals surface area contributed by atoms with E-state index < -0.39 is 53.0 Å². The van der Waals surface area contributed by atoms with E-state index >= 15 is 0 Å². The second-order valence-electron chi connectivity index (χ2n) is 6.72. The molecule has 3 N–H and O–H groups in total. The number of aliphatic hydroxyl groups is 2. The molecule has 0 bridgehead atoms. The highest BCUT2D eigenvalue weighted by Crippen LogP contribution is 2.31. The topological polar surface area (TPSA) is 115 Å². The molecule has 1 aliphatic heterocycles. The largest absolute Gasteiger partial charge is 0.507 e. The Morgan fingerprint density at radius 1 is 1.27 bits per heavy atom. The number of Topliss-reactive ketones (excluding diaryl/α,β-unsaturated/α-hetero) is 1. The normalized spacial score (nSPS) is 22.7. The lowest BCUT2D eigenvalue weighted by Gasteiger charge is -2.31. The number of aliphatic carboxylic acids is 1. The summed E-state index contributed by atoms with van der Waals surface area (Å²) in [7, 11) is 1.35. The predicted molar refractivity (Wildman–Crippen MR) is 96.4 cm³/mol. The molecular formula is C19H27NO6. The number of hydrogen-bond acceptors (Lipinski definition) is 5. The first-order valence-corrected chi connectivity index (χ1v) is 8.61.